The van der Waals surface area contributed by atoms with Gasteiger partial charge < -0.3 is 9.47 Å². The van der Waals surface area contributed by atoms with Crippen molar-refractivity contribution in [3.05, 3.63) is 65.2 Å². The van der Waals surface area contributed by atoms with Crippen molar-refractivity contribution in [2.45, 2.75) is 0 Å². The Morgan fingerprint density at radius 2 is 1.86 bits per heavy atom. The number of ether oxygens (including phenoxy) is 2. The summed E-state index contributed by atoms with van der Waals surface area (Å²) in [5, 5.41) is 13.9. The van der Waals surface area contributed by atoms with Crippen LogP contribution in [0.25, 0.3) is 23.0 Å². The van der Waals surface area contributed by atoms with Gasteiger partial charge in [0, 0.05) is 23.6 Å². The molecule has 0 unspecified atom stereocenters. The van der Waals surface area contributed by atoms with E-state index in [0.29, 0.717) is 36.0 Å². The molecule has 0 amide bonds. The number of hydrogen-bond acceptors (Lipinski definition) is 6. The zero-order chi connectivity index (χ0) is 20.4. The molecule has 1 aliphatic rings. The first-order valence-electron chi connectivity index (χ1n) is 8.83. The van der Waals surface area contributed by atoms with Crippen molar-refractivity contribution in [1.29, 1.82) is 5.26 Å². The zero-order valence-corrected chi connectivity index (χ0v) is 16.4. The third kappa shape index (κ3) is 3.86. The fourth-order valence-corrected chi connectivity index (χ4v) is 3.49. The molecule has 0 saturated heterocycles. The third-order valence-electron chi connectivity index (χ3n) is 4.38. The standard InChI is InChI=1S/C21H17N3O4S/c1-29(25,26)18(13-22)11-16-14-24(17-5-3-2-4-6-17)23-21(16)15-7-8-19-20(12-15)28-10-9-27-19/h2-8,11-12,14H,9-10H2,1H3/b18-11+. The molecule has 1 aliphatic heterocycles. The van der Waals surface area contributed by atoms with Crippen molar-refractivity contribution in [3.8, 4) is 34.5 Å². The maximum atomic E-state index is 11.9. The lowest BCUT2D eigenvalue weighted by Gasteiger charge is -2.18. The molecule has 3 aromatic rings. The second kappa shape index (κ2) is 7.45. The van der Waals surface area contributed by atoms with Crippen molar-refractivity contribution in [3.63, 3.8) is 0 Å². The Kier molecular flexibility index (Phi) is 4.82. The Labute approximate surface area is 168 Å². The van der Waals surface area contributed by atoms with E-state index in [2.05, 4.69) is 5.10 Å². The Morgan fingerprint density at radius 3 is 2.55 bits per heavy atom. The van der Waals surface area contributed by atoms with Crippen LogP contribution in [0.3, 0.4) is 0 Å². The molecule has 0 bridgehead atoms. The first-order chi connectivity index (χ1) is 14.0. The predicted octanol–water partition coefficient (Wildman–Crippen LogP) is 3.22. The molecule has 2 heterocycles. The molecule has 0 saturated carbocycles. The second-order valence-corrected chi connectivity index (χ2v) is 8.45. The fourth-order valence-electron chi connectivity index (χ4n) is 2.98. The number of fused-ring (bicyclic) bond motifs is 1. The molecule has 8 heteroatoms. The number of hydrogen-bond donors (Lipinski definition) is 0. The lowest BCUT2D eigenvalue weighted by molar-refractivity contribution is 0.171. The Morgan fingerprint density at radius 1 is 1.14 bits per heavy atom. The number of aromatic nitrogens is 2. The van der Waals surface area contributed by atoms with E-state index in [1.165, 1.54) is 6.08 Å². The molecular weight excluding hydrogens is 390 g/mol. The monoisotopic (exact) mass is 407 g/mol. The minimum Gasteiger partial charge on any atom is -0.486 e. The molecule has 0 atom stereocenters. The summed E-state index contributed by atoms with van der Waals surface area (Å²) < 4.78 is 36.7. The van der Waals surface area contributed by atoms with E-state index in [0.717, 1.165) is 17.5 Å². The smallest absolute Gasteiger partial charge is 0.185 e. The van der Waals surface area contributed by atoms with Crippen molar-refractivity contribution >= 4 is 15.9 Å². The number of sulfone groups is 1. The summed E-state index contributed by atoms with van der Waals surface area (Å²) >= 11 is 0. The number of benzene rings is 2. The van der Waals surface area contributed by atoms with E-state index in [-0.39, 0.29) is 4.91 Å². The molecule has 0 fully saturated rings. The molecule has 4 rings (SSSR count). The quantitative estimate of drug-likeness (QED) is 0.617. The van der Waals surface area contributed by atoms with Gasteiger partial charge in [0.05, 0.1) is 5.69 Å². The Hall–Kier alpha value is -3.57. The van der Waals surface area contributed by atoms with E-state index < -0.39 is 9.84 Å². The van der Waals surface area contributed by atoms with Crippen LogP contribution in [0.2, 0.25) is 0 Å². The highest BCUT2D eigenvalue weighted by Gasteiger charge is 2.18. The third-order valence-corrected chi connectivity index (χ3v) is 5.38. The molecule has 0 aliphatic carbocycles. The molecule has 7 nitrogen and oxygen atoms in total. The van der Waals surface area contributed by atoms with E-state index in [9.17, 15) is 13.7 Å². The normalized spacial score (nSPS) is 13.7. The lowest BCUT2D eigenvalue weighted by atomic mass is 10.1. The molecule has 0 N–H and O–H groups in total. The van der Waals surface area contributed by atoms with E-state index >= 15 is 0 Å². The zero-order valence-electron chi connectivity index (χ0n) is 15.6. The highest BCUT2D eigenvalue weighted by molar-refractivity contribution is 7.95. The second-order valence-electron chi connectivity index (χ2n) is 6.46. The van der Waals surface area contributed by atoms with E-state index in [4.69, 9.17) is 9.47 Å². The Balaban J connectivity index is 1.89. The molecule has 0 radical (unpaired) electrons. The maximum Gasteiger partial charge on any atom is 0.185 e. The highest BCUT2D eigenvalue weighted by atomic mass is 32.2. The van der Waals surface area contributed by atoms with Crippen molar-refractivity contribution in [1.82, 2.24) is 9.78 Å². The highest BCUT2D eigenvalue weighted by Crippen LogP contribution is 2.36. The van der Waals surface area contributed by atoms with Crippen LogP contribution in [0, 0.1) is 11.3 Å². The number of nitriles is 1. The van der Waals surface area contributed by atoms with Gasteiger partial charge in [-0.3, -0.25) is 0 Å². The van der Waals surface area contributed by atoms with Gasteiger partial charge in [-0.15, -0.1) is 0 Å². The van der Waals surface area contributed by atoms with Crippen molar-refractivity contribution in [2.24, 2.45) is 0 Å². The van der Waals surface area contributed by atoms with Gasteiger partial charge in [0.25, 0.3) is 0 Å². The van der Waals surface area contributed by atoms with Crippen LogP contribution in [-0.2, 0) is 9.84 Å². The molecule has 2 aromatic carbocycles. The summed E-state index contributed by atoms with van der Waals surface area (Å²) in [6.45, 7) is 0.942. The van der Waals surface area contributed by atoms with Gasteiger partial charge in [-0.1, -0.05) is 18.2 Å². The average Bonchev–Trinajstić information content (AvgIpc) is 3.15. The SMILES string of the molecule is CS(=O)(=O)/C(C#N)=C/c1cn(-c2ccccc2)nc1-c1ccc2c(c1)OCCO2. The van der Waals surface area contributed by atoms with Crippen LogP contribution in [-0.4, -0.2) is 37.7 Å². The van der Waals surface area contributed by atoms with E-state index in [1.54, 1.807) is 29.1 Å². The summed E-state index contributed by atoms with van der Waals surface area (Å²) in [6.07, 6.45) is 4.05. The van der Waals surface area contributed by atoms with Gasteiger partial charge in [0.1, 0.15) is 29.9 Å². The molecule has 1 aromatic heterocycles. The van der Waals surface area contributed by atoms with Crippen LogP contribution in [0.5, 0.6) is 11.5 Å². The largest absolute Gasteiger partial charge is 0.486 e. The van der Waals surface area contributed by atoms with Crippen LogP contribution in [0.4, 0.5) is 0 Å². The van der Waals surface area contributed by atoms with E-state index in [1.807, 2.05) is 36.4 Å². The van der Waals surface area contributed by atoms with Gasteiger partial charge >= 0.3 is 0 Å². The number of nitrogens with zero attached hydrogens (tertiary/aromatic N) is 3. The summed E-state index contributed by atoms with van der Waals surface area (Å²) in [5.41, 5.74) is 2.57. The Bertz CT molecular complexity index is 1240. The first-order valence-corrected chi connectivity index (χ1v) is 10.7. The van der Waals surface area contributed by atoms with Crippen LogP contribution in [0.15, 0.2) is 59.6 Å². The number of allylic oxidation sites excluding steroid dienone is 1. The summed E-state index contributed by atoms with van der Waals surface area (Å²) in [5.74, 6) is 1.25. The lowest BCUT2D eigenvalue weighted by Crippen LogP contribution is -2.15. The summed E-state index contributed by atoms with van der Waals surface area (Å²) in [7, 11) is -3.66. The van der Waals surface area contributed by atoms with Crippen LogP contribution >= 0.6 is 0 Å². The summed E-state index contributed by atoms with van der Waals surface area (Å²) in [4.78, 5) is -0.330. The predicted molar refractivity (Wildman–Crippen MR) is 108 cm³/mol. The van der Waals surface area contributed by atoms with Crippen molar-refractivity contribution < 1.29 is 17.9 Å². The minimum atomic E-state index is -3.66. The first kappa shape index (κ1) is 18.8. The van der Waals surface area contributed by atoms with Gasteiger partial charge in [0.15, 0.2) is 21.3 Å². The van der Waals surface area contributed by atoms with Crippen LogP contribution < -0.4 is 9.47 Å². The van der Waals surface area contributed by atoms with Crippen molar-refractivity contribution in [2.75, 3.05) is 19.5 Å². The van der Waals surface area contributed by atoms with Gasteiger partial charge in [-0.05, 0) is 36.4 Å². The van der Waals surface area contributed by atoms with Crippen LogP contribution in [0.1, 0.15) is 5.56 Å². The topological polar surface area (TPSA) is 94.2 Å². The maximum absolute atomic E-state index is 11.9. The molecule has 29 heavy (non-hydrogen) atoms. The fraction of sp³-hybridized carbons (Fsp3) is 0.143. The molecular formula is C21H17N3O4S. The molecule has 146 valence electrons. The average molecular weight is 407 g/mol. The number of rotatable bonds is 4. The van der Waals surface area contributed by atoms with Gasteiger partial charge in [0.2, 0.25) is 0 Å². The van der Waals surface area contributed by atoms with Gasteiger partial charge in [-0.25, -0.2) is 13.1 Å². The van der Waals surface area contributed by atoms with Gasteiger partial charge in [-0.2, -0.15) is 10.4 Å². The summed E-state index contributed by atoms with van der Waals surface area (Å²) in [6, 6.07) is 16.6. The molecule has 0 spiro atoms. The number of para-hydroxylation sites is 1. The minimum absolute atomic E-state index is 0.330.